The standard InChI is InChI=1S/C28H31F3N4O3Si/c1-36-23-13-22-20(12-24(23)38-25-8-10-35(16-28(25,30)31)19-14-37-15-19)27(33-17-32-22)34-21-7-5-6-18(26(21)29)9-11-39(2,3)4/h5-7,12-13,17,19,25H,8,10,14-16H2,1-4H3,(H,32,33,34). The maximum Gasteiger partial charge on any atom is 0.296 e. The molecule has 0 saturated carbocycles. The lowest BCUT2D eigenvalue weighted by Crippen LogP contribution is -2.60. The Morgan fingerprint density at radius 3 is 2.62 bits per heavy atom. The van der Waals surface area contributed by atoms with Crippen molar-refractivity contribution in [1.29, 1.82) is 0 Å². The molecule has 7 nitrogen and oxygen atoms in total. The number of piperidine rings is 1. The van der Waals surface area contributed by atoms with Crippen LogP contribution in [0.25, 0.3) is 10.9 Å². The number of benzene rings is 2. The summed E-state index contributed by atoms with van der Waals surface area (Å²) in [5.41, 5.74) is 4.13. The largest absolute Gasteiger partial charge is 0.493 e. The fraction of sp³-hybridized carbons (Fsp3) is 0.429. The number of alkyl halides is 2. The van der Waals surface area contributed by atoms with Crippen LogP contribution in [0.3, 0.4) is 0 Å². The molecule has 3 aromatic rings. The number of methoxy groups -OCH3 is 1. The Labute approximate surface area is 226 Å². The Hall–Kier alpha value is -3.33. The Morgan fingerprint density at radius 2 is 1.95 bits per heavy atom. The van der Waals surface area contributed by atoms with E-state index in [1.807, 2.05) is 0 Å². The van der Waals surface area contributed by atoms with Gasteiger partial charge in [0.15, 0.2) is 23.4 Å². The predicted octanol–water partition coefficient (Wildman–Crippen LogP) is 5.24. The number of halogens is 3. The number of anilines is 2. The van der Waals surface area contributed by atoms with E-state index in [0.29, 0.717) is 36.5 Å². The number of ether oxygens (including phenoxy) is 3. The summed E-state index contributed by atoms with van der Waals surface area (Å²) < 4.78 is 62.1. The number of nitrogens with one attached hydrogen (secondary N) is 1. The summed E-state index contributed by atoms with van der Waals surface area (Å²) in [4.78, 5) is 10.3. The van der Waals surface area contributed by atoms with Crippen molar-refractivity contribution < 1.29 is 27.4 Å². The third-order valence-corrected chi connectivity index (χ3v) is 7.59. The van der Waals surface area contributed by atoms with Crippen LogP contribution in [-0.2, 0) is 4.74 Å². The topological polar surface area (TPSA) is 68.7 Å². The molecular weight excluding hydrogens is 525 g/mol. The molecule has 0 spiro atoms. The molecule has 5 rings (SSSR count). The highest BCUT2D eigenvalue weighted by molar-refractivity contribution is 6.83. The zero-order chi connectivity index (χ0) is 27.8. The van der Waals surface area contributed by atoms with Crippen molar-refractivity contribution in [2.75, 3.05) is 38.7 Å². The first-order valence-corrected chi connectivity index (χ1v) is 16.3. The molecule has 1 aromatic heterocycles. The van der Waals surface area contributed by atoms with Crippen molar-refractivity contribution in [3.05, 3.63) is 48.0 Å². The van der Waals surface area contributed by atoms with Crippen LogP contribution in [0.2, 0.25) is 19.6 Å². The first kappa shape index (κ1) is 27.2. The molecule has 2 saturated heterocycles. The number of nitrogens with zero attached hydrogens (tertiary/aromatic N) is 3. The Kier molecular flexibility index (Phi) is 7.46. The van der Waals surface area contributed by atoms with E-state index in [2.05, 4.69) is 46.4 Å². The molecule has 1 unspecified atom stereocenters. The summed E-state index contributed by atoms with van der Waals surface area (Å²) in [5, 5.41) is 3.49. The molecule has 39 heavy (non-hydrogen) atoms. The summed E-state index contributed by atoms with van der Waals surface area (Å²) in [6.45, 7) is 7.30. The lowest BCUT2D eigenvalue weighted by molar-refractivity contribution is -0.170. The Balaban J connectivity index is 1.44. The third-order valence-electron chi connectivity index (χ3n) is 6.71. The van der Waals surface area contributed by atoms with Gasteiger partial charge in [-0.25, -0.2) is 23.1 Å². The van der Waals surface area contributed by atoms with Gasteiger partial charge in [0.2, 0.25) is 0 Å². The fourth-order valence-electron chi connectivity index (χ4n) is 4.51. The molecule has 2 aliphatic rings. The minimum Gasteiger partial charge on any atom is -0.493 e. The van der Waals surface area contributed by atoms with Gasteiger partial charge in [-0.1, -0.05) is 31.6 Å². The molecule has 0 bridgehead atoms. The molecule has 0 aliphatic carbocycles. The minimum absolute atomic E-state index is 0.0261. The highest BCUT2D eigenvalue weighted by Crippen LogP contribution is 2.39. The second-order valence-electron chi connectivity index (χ2n) is 10.9. The quantitative estimate of drug-likeness (QED) is 0.329. The molecule has 0 radical (unpaired) electrons. The van der Waals surface area contributed by atoms with Crippen LogP contribution in [0.4, 0.5) is 24.7 Å². The smallest absolute Gasteiger partial charge is 0.296 e. The highest BCUT2D eigenvalue weighted by Gasteiger charge is 2.49. The van der Waals surface area contributed by atoms with Crippen LogP contribution in [0.15, 0.2) is 36.7 Å². The lowest BCUT2D eigenvalue weighted by atomic mass is 10.0. The van der Waals surface area contributed by atoms with Crippen molar-refractivity contribution in [2.45, 2.75) is 44.1 Å². The van der Waals surface area contributed by atoms with Gasteiger partial charge in [-0.15, -0.1) is 5.54 Å². The first-order valence-electron chi connectivity index (χ1n) is 12.8. The maximum atomic E-state index is 15.3. The van der Waals surface area contributed by atoms with Crippen molar-refractivity contribution in [1.82, 2.24) is 14.9 Å². The highest BCUT2D eigenvalue weighted by atomic mass is 28.3. The van der Waals surface area contributed by atoms with Crippen LogP contribution < -0.4 is 14.8 Å². The minimum atomic E-state index is -3.07. The molecule has 1 atom stereocenters. The van der Waals surface area contributed by atoms with Crippen LogP contribution in [0.1, 0.15) is 12.0 Å². The first-order chi connectivity index (χ1) is 18.5. The number of likely N-dealkylation sites (tertiary alicyclic amines) is 1. The van der Waals surface area contributed by atoms with Crippen molar-refractivity contribution in [3.63, 3.8) is 0 Å². The van der Waals surface area contributed by atoms with Gasteiger partial charge in [0, 0.05) is 24.4 Å². The Bertz CT molecular complexity index is 1430. The second-order valence-corrected chi connectivity index (χ2v) is 15.6. The van der Waals surface area contributed by atoms with Crippen LogP contribution >= 0.6 is 0 Å². The molecule has 2 aromatic carbocycles. The summed E-state index contributed by atoms with van der Waals surface area (Å²) >= 11 is 0. The zero-order valence-corrected chi connectivity index (χ0v) is 23.4. The lowest BCUT2D eigenvalue weighted by Gasteiger charge is -2.44. The van der Waals surface area contributed by atoms with Crippen LogP contribution in [-0.4, -0.2) is 74.4 Å². The monoisotopic (exact) mass is 556 g/mol. The normalized spacial score (nSPS) is 19.6. The number of rotatable bonds is 6. The molecule has 1 N–H and O–H groups in total. The van der Waals surface area contributed by atoms with E-state index in [1.54, 1.807) is 35.2 Å². The summed E-state index contributed by atoms with van der Waals surface area (Å²) in [6, 6.07) is 8.12. The van der Waals surface area contributed by atoms with E-state index in [4.69, 9.17) is 14.2 Å². The van der Waals surface area contributed by atoms with E-state index >= 15 is 13.2 Å². The van der Waals surface area contributed by atoms with Gasteiger partial charge < -0.3 is 19.5 Å². The van der Waals surface area contributed by atoms with E-state index in [0.717, 1.165) is 0 Å². The van der Waals surface area contributed by atoms with Gasteiger partial charge in [-0.05, 0) is 18.2 Å². The van der Waals surface area contributed by atoms with Gasteiger partial charge >= 0.3 is 0 Å². The third kappa shape index (κ3) is 5.98. The molecule has 0 amide bonds. The van der Waals surface area contributed by atoms with E-state index in [1.165, 1.54) is 13.4 Å². The van der Waals surface area contributed by atoms with Crippen molar-refractivity contribution >= 4 is 30.5 Å². The number of fused-ring (bicyclic) bond motifs is 1. The van der Waals surface area contributed by atoms with Crippen molar-refractivity contribution in [2.24, 2.45) is 0 Å². The van der Waals surface area contributed by atoms with Gasteiger partial charge in [-0.3, -0.25) is 4.90 Å². The van der Waals surface area contributed by atoms with Crippen LogP contribution in [0, 0.1) is 17.3 Å². The molecule has 2 fully saturated rings. The number of aromatic nitrogens is 2. The summed E-state index contributed by atoms with van der Waals surface area (Å²) in [5.74, 6) is 0.105. The van der Waals surface area contributed by atoms with E-state index in [9.17, 15) is 0 Å². The van der Waals surface area contributed by atoms with Gasteiger partial charge in [0.1, 0.15) is 20.2 Å². The molecular formula is C28H31F3N4O3Si. The van der Waals surface area contributed by atoms with E-state index in [-0.39, 0.29) is 35.2 Å². The molecule has 3 heterocycles. The molecule has 11 heteroatoms. The van der Waals surface area contributed by atoms with Gasteiger partial charge in [-0.2, -0.15) is 0 Å². The Morgan fingerprint density at radius 1 is 1.15 bits per heavy atom. The predicted molar refractivity (Wildman–Crippen MR) is 146 cm³/mol. The average Bonchev–Trinajstić information content (AvgIpc) is 2.84. The molecule has 2 aliphatic heterocycles. The SMILES string of the molecule is COc1cc2ncnc(Nc3cccc(C#C[Si](C)(C)C)c3F)c2cc1OC1CCN(C2COC2)CC1(F)F. The number of hydrogen-bond donors (Lipinski definition) is 1. The second kappa shape index (κ2) is 10.7. The van der Waals surface area contributed by atoms with Gasteiger partial charge in [0.25, 0.3) is 5.92 Å². The summed E-state index contributed by atoms with van der Waals surface area (Å²) in [6.07, 6.45) is 0.157. The maximum absolute atomic E-state index is 15.3. The van der Waals surface area contributed by atoms with Gasteiger partial charge in [0.05, 0.1) is 49.7 Å². The van der Waals surface area contributed by atoms with Crippen molar-refractivity contribution in [3.8, 4) is 23.0 Å². The molecule has 206 valence electrons. The number of hydrogen-bond acceptors (Lipinski definition) is 7. The fourth-order valence-corrected chi connectivity index (χ4v) is 5.02. The van der Waals surface area contributed by atoms with E-state index < -0.39 is 32.5 Å². The average molecular weight is 557 g/mol. The van der Waals surface area contributed by atoms with Crippen LogP contribution in [0.5, 0.6) is 11.5 Å². The zero-order valence-electron chi connectivity index (χ0n) is 22.4. The summed E-state index contributed by atoms with van der Waals surface area (Å²) in [7, 11) is -0.261.